The van der Waals surface area contributed by atoms with Crippen molar-refractivity contribution >= 4 is 11.8 Å². The molecule has 1 heterocycles. The first kappa shape index (κ1) is 13.5. The molecule has 1 aromatic rings. The molecule has 101 valence electrons. The first-order valence-electron chi connectivity index (χ1n) is 6.08. The normalized spacial score (nSPS) is 20.3. The molecule has 0 saturated heterocycles. The van der Waals surface area contributed by atoms with Gasteiger partial charge in [-0.2, -0.15) is 5.06 Å². The zero-order valence-corrected chi connectivity index (χ0v) is 11.5. The van der Waals surface area contributed by atoms with E-state index in [2.05, 4.69) is 4.99 Å². The topological polar surface area (TPSA) is 72.8 Å². The Hall–Kier alpha value is -1.88. The lowest BCUT2D eigenvalue weighted by atomic mass is 9.84. The number of amidine groups is 1. The zero-order chi connectivity index (χ0) is 14.4. The van der Waals surface area contributed by atoms with Crippen molar-refractivity contribution in [2.24, 2.45) is 4.99 Å². The Kier molecular flexibility index (Phi) is 2.90. The van der Waals surface area contributed by atoms with E-state index in [4.69, 9.17) is 5.11 Å². The van der Waals surface area contributed by atoms with Crippen molar-refractivity contribution in [1.29, 1.82) is 0 Å². The van der Waals surface area contributed by atoms with Crippen molar-refractivity contribution in [2.75, 3.05) is 0 Å². The van der Waals surface area contributed by atoms with Crippen LogP contribution in [0.15, 0.2) is 29.3 Å². The van der Waals surface area contributed by atoms with Gasteiger partial charge >= 0.3 is 5.97 Å². The molecule has 1 aliphatic heterocycles. The monoisotopic (exact) mass is 261 g/mol. The van der Waals surface area contributed by atoms with Gasteiger partial charge in [0.05, 0.1) is 16.6 Å². The molecule has 0 bridgehead atoms. The minimum Gasteiger partial charge on any atom is -0.478 e. The van der Waals surface area contributed by atoms with Crippen LogP contribution in [-0.2, 0) is 5.21 Å². The SMILES string of the molecule is CC1(C)N=C(c2cccc(C(=O)O)c2)N([O])C1(C)C. The number of benzene rings is 1. The summed E-state index contributed by atoms with van der Waals surface area (Å²) in [5.41, 5.74) is -0.505. The van der Waals surface area contributed by atoms with Gasteiger partial charge in [0.1, 0.15) is 0 Å². The minimum absolute atomic E-state index is 0.149. The van der Waals surface area contributed by atoms with Crippen LogP contribution in [0.3, 0.4) is 0 Å². The molecule has 5 heteroatoms. The average Bonchev–Trinajstić information content (AvgIpc) is 2.49. The summed E-state index contributed by atoms with van der Waals surface area (Å²) in [6, 6.07) is 6.29. The second-order valence-electron chi connectivity index (χ2n) is 5.73. The predicted molar refractivity (Wildman–Crippen MR) is 70.6 cm³/mol. The number of nitrogens with zero attached hydrogens (tertiary/aromatic N) is 2. The molecule has 0 aromatic heterocycles. The zero-order valence-electron chi connectivity index (χ0n) is 11.5. The van der Waals surface area contributed by atoms with Gasteiger partial charge in [0, 0.05) is 5.56 Å². The standard InChI is InChI=1S/C14H17N2O3/c1-13(2)14(3,4)16(19)11(15-13)9-6-5-7-10(8-9)12(17)18/h5-8H,1-4H3,(H,17,18). The molecule has 5 nitrogen and oxygen atoms in total. The molecule has 0 fully saturated rings. The van der Waals surface area contributed by atoms with Crippen LogP contribution in [0.5, 0.6) is 0 Å². The lowest BCUT2D eigenvalue weighted by Gasteiger charge is -2.35. The Morgan fingerprint density at radius 2 is 1.89 bits per heavy atom. The summed E-state index contributed by atoms with van der Waals surface area (Å²) in [7, 11) is 0. The van der Waals surface area contributed by atoms with E-state index in [0.29, 0.717) is 5.56 Å². The highest BCUT2D eigenvalue weighted by atomic mass is 16.5. The van der Waals surface area contributed by atoms with Crippen LogP contribution >= 0.6 is 0 Å². The number of carboxylic acid groups (broad SMARTS) is 1. The largest absolute Gasteiger partial charge is 0.478 e. The van der Waals surface area contributed by atoms with Gasteiger partial charge in [0.25, 0.3) is 0 Å². The Balaban J connectivity index is 2.49. The number of aliphatic imine (C=N–C) groups is 1. The Labute approximate surface area is 112 Å². The third-order valence-electron chi connectivity index (χ3n) is 3.95. The van der Waals surface area contributed by atoms with Gasteiger partial charge in [-0.05, 0) is 39.8 Å². The molecule has 0 atom stereocenters. The Morgan fingerprint density at radius 1 is 1.26 bits per heavy atom. The molecule has 1 N–H and O–H groups in total. The molecule has 0 aliphatic carbocycles. The van der Waals surface area contributed by atoms with E-state index >= 15 is 0 Å². The number of rotatable bonds is 2. The van der Waals surface area contributed by atoms with E-state index in [9.17, 15) is 10.0 Å². The number of hydrogen-bond donors (Lipinski definition) is 1. The molecule has 2 rings (SSSR count). The maximum Gasteiger partial charge on any atom is 0.335 e. The fourth-order valence-corrected chi connectivity index (χ4v) is 1.93. The summed E-state index contributed by atoms with van der Waals surface area (Å²) in [6.45, 7) is 7.45. The fraction of sp³-hybridized carbons (Fsp3) is 0.429. The summed E-state index contributed by atoms with van der Waals surface area (Å²) < 4.78 is 0. The van der Waals surface area contributed by atoms with Crippen molar-refractivity contribution < 1.29 is 15.1 Å². The van der Waals surface area contributed by atoms with E-state index in [1.807, 2.05) is 27.7 Å². The van der Waals surface area contributed by atoms with Crippen LogP contribution in [0.1, 0.15) is 43.6 Å². The Morgan fingerprint density at radius 3 is 2.37 bits per heavy atom. The fourth-order valence-electron chi connectivity index (χ4n) is 1.93. The third-order valence-corrected chi connectivity index (χ3v) is 3.95. The van der Waals surface area contributed by atoms with Crippen molar-refractivity contribution in [3.05, 3.63) is 35.4 Å². The molecule has 0 spiro atoms. The lowest BCUT2D eigenvalue weighted by Crippen LogP contribution is -2.50. The minimum atomic E-state index is -1.02. The second kappa shape index (κ2) is 4.06. The number of carboxylic acids is 1. The molecular formula is C14H17N2O3. The van der Waals surface area contributed by atoms with Crippen LogP contribution in [0, 0.1) is 0 Å². The quantitative estimate of drug-likeness (QED) is 0.888. The van der Waals surface area contributed by atoms with E-state index < -0.39 is 17.0 Å². The maximum atomic E-state index is 12.4. The molecule has 1 radical (unpaired) electrons. The van der Waals surface area contributed by atoms with Crippen molar-refractivity contribution in [2.45, 2.75) is 38.8 Å². The summed E-state index contributed by atoms with van der Waals surface area (Å²) in [6.07, 6.45) is 0. The smallest absolute Gasteiger partial charge is 0.335 e. The first-order chi connectivity index (χ1) is 8.67. The van der Waals surface area contributed by atoms with Gasteiger partial charge in [-0.1, -0.05) is 17.3 Å². The van der Waals surface area contributed by atoms with Crippen LogP contribution in [0.4, 0.5) is 0 Å². The van der Waals surface area contributed by atoms with Gasteiger partial charge in [-0.25, -0.2) is 4.79 Å². The molecule has 0 saturated carbocycles. The van der Waals surface area contributed by atoms with Gasteiger partial charge < -0.3 is 5.11 Å². The molecule has 1 aliphatic rings. The van der Waals surface area contributed by atoms with E-state index in [0.717, 1.165) is 5.06 Å². The summed E-state index contributed by atoms with van der Waals surface area (Å²) in [4.78, 5) is 15.4. The first-order valence-corrected chi connectivity index (χ1v) is 6.08. The van der Waals surface area contributed by atoms with Crippen molar-refractivity contribution in [1.82, 2.24) is 5.06 Å². The molecule has 19 heavy (non-hydrogen) atoms. The van der Waals surface area contributed by atoms with Crippen LogP contribution in [0.25, 0.3) is 0 Å². The molecular weight excluding hydrogens is 244 g/mol. The lowest BCUT2D eigenvalue weighted by molar-refractivity contribution is -0.158. The van der Waals surface area contributed by atoms with E-state index in [1.165, 1.54) is 12.1 Å². The number of hydroxylamine groups is 2. The second-order valence-corrected chi connectivity index (χ2v) is 5.73. The summed E-state index contributed by atoms with van der Waals surface area (Å²) >= 11 is 0. The number of aromatic carboxylic acids is 1. The molecule has 0 amide bonds. The summed E-state index contributed by atoms with van der Waals surface area (Å²) in [5.74, 6) is -0.727. The third kappa shape index (κ3) is 2.00. The average molecular weight is 261 g/mol. The van der Waals surface area contributed by atoms with Crippen molar-refractivity contribution in [3.8, 4) is 0 Å². The van der Waals surface area contributed by atoms with Gasteiger partial charge in [0.15, 0.2) is 5.84 Å². The maximum absolute atomic E-state index is 12.4. The molecule has 0 unspecified atom stereocenters. The van der Waals surface area contributed by atoms with Gasteiger partial charge in [0.2, 0.25) is 0 Å². The Bertz CT molecular complexity index is 562. The molecule has 1 aromatic carbocycles. The highest BCUT2D eigenvalue weighted by Crippen LogP contribution is 2.38. The van der Waals surface area contributed by atoms with Gasteiger partial charge in [-0.15, -0.1) is 0 Å². The number of hydrogen-bond acceptors (Lipinski definition) is 3. The highest BCUT2D eigenvalue weighted by molar-refractivity contribution is 6.02. The van der Waals surface area contributed by atoms with E-state index in [1.54, 1.807) is 12.1 Å². The number of carbonyl (C=O) groups is 1. The highest BCUT2D eigenvalue weighted by Gasteiger charge is 2.50. The van der Waals surface area contributed by atoms with Crippen molar-refractivity contribution in [3.63, 3.8) is 0 Å². The van der Waals surface area contributed by atoms with Crippen LogP contribution in [0.2, 0.25) is 0 Å². The summed E-state index contributed by atoms with van der Waals surface area (Å²) in [5, 5.41) is 22.2. The van der Waals surface area contributed by atoms with Gasteiger partial charge in [-0.3, -0.25) is 4.99 Å². The van der Waals surface area contributed by atoms with E-state index in [-0.39, 0.29) is 11.4 Å². The van der Waals surface area contributed by atoms with Crippen LogP contribution in [-0.4, -0.2) is 33.1 Å². The predicted octanol–water partition coefficient (Wildman–Crippen LogP) is 2.35. The van der Waals surface area contributed by atoms with Crippen LogP contribution < -0.4 is 0 Å².